The van der Waals surface area contributed by atoms with Crippen LogP contribution in [0.2, 0.25) is 0 Å². The fourth-order valence-electron chi connectivity index (χ4n) is 6.26. The molecular formula is C38H52F5NO11S. The van der Waals surface area contributed by atoms with E-state index in [1.807, 2.05) is 27.7 Å². The highest BCUT2D eigenvalue weighted by molar-refractivity contribution is 7.88. The van der Waals surface area contributed by atoms with E-state index in [-0.39, 0.29) is 49.1 Å². The third-order valence-corrected chi connectivity index (χ3v) is 11.7. The van der Waals surface area contributed by atoms with Gasteiger partial charge < -0.3 is 18.9 Å². The van der Waals surface area contributed by atoms with Crippen LogP contribution in [0.4, 0.5) is 22.0 Å². The van der Waals surface area contributed by atoms with Gasteiger partial charge in [-0.25, -0.2) is 4.79 Å². The van der Waals surface area contributed by atoms with E-state index in [4.69, 9.17) is 14.2 Å². The zero-order chi connectivity index (χ0) is 42.1. The van der Waals surface area contributed by atoms with Crippen molar-refractivity contribution in [1.29, 1.82) is 0 Å². The molecule has 3 fully saturated rings. The van der Waals surface area contributed by atoms with Gasteiger partial charge in [-0.3, -0.25) is 18.7 Å². The number of oxime groups is 1. The first-order chi connectivity index (χ1) is 26.0. The van der Waals surface area contributed by atoms with Crippen molar-refractivity contribution in [3.05, 3.63) is 35.9 Å². The molecule has 18 heteroatoms. The molecule has 0 aromatic heterocycles. The minimum Gasteiger partial charge on any atom is -0.465 e. The molecule has 0 N–H and O–H groups in total. The van der Waals surface area contributed by atoms with Gasteiger partial charge in [0.2, 0.25) is 0 Å². The maximum atomic E-state index is 14.1. The van der Waals surface area contributed by atoms with Gasteiger partial charge in [0.1, 0.15) is 12.2 Å². The molecule has 1 aliphatic heterocycles. The fourth-order valence-corrected chi connectivity index (χ4v) is 6.79. The Morgan fingerprint density at radius 3 is 1.84 bits per heavy atom. The van der Waals surface area contributed by atoms with Gasteiger partial charge >= 0.3 is 45.4 Å². The van der Waals surface area contributed by atoms with E-state index in [2.05, 4.69) is 14.2 Å². The molecule has 4 rings (SSSR count). The molecule has 1 aromatic rings. The van der Waals surface area contributed by atoms with E-state index in [1.54, 1.807) is 13.8 Å². The molecule has 1 heterocycles. The number of nitrogens with zero attached hydrogens (tertiary/aromatic N) is 1. The maximum absolute atomic E-state index is 14.1. The van der Waals surface area contributed by atoms with Crippen LogP contribution in [0.15, 0.2) is 35.5 Å². The molecule has 5 atom stereocenters. The summed E-state index contributed by atoms with van der Waals surface area (Å²) in [6.07, 6.45) is 1.02. The second-order valence-corrected chi connectivity index (χ2v) is 17.1. The Balaban J connectivity index is 0.000000382. The van der Waals surface area contributed by atoms with Crippen LogP contribution in [-0.4, -0.2) is 74.9 Å². The first-order valence-corrected chi connectivity index (χ1v) is 20.2. The van der Waals surface area contributed by atoms with Crippen molar-refractivity contribution in [2.24, 2.45) is 33.7 Å². The number of rotatable bonds is 19. The summed E-state index contributed by atoms with van der Waals surface area (Å²) in [4.78, 5) is 47.2. The molecule has 5 unspecified atom stereocenters. The van der Waals surface area contributed by atoms with E-state index in [9.17, 15) is 49.5 Å². The number of benzene rings is 1. The second-order valence-electron chi connectivity index (χ2n) is 15.5. The maximum Gasteiger partial charge on any atom is 0.478 e. The number of alkyl halides is 5. The number of fused-ring (bicyclic) bond motifs is 1. The third kappa shape index (κ3) is 11.6. The minimum atomic E-state index is -6.23. The third-order valence-electron chi connectivity index (χ3n) is 10.6. The molecule has 56 heavy (non-hydrogen) atoms. The number of halogens is 5. The molecule has 2 saturated carbocycles. The van der Waals surface area contributed by atoms with Gasteiger partial charge in [-0.15, -0.1) is 0 Å². The Morgan fingerprint density at radius 1 is 0.786 bits per heavy atom. The molecule has 0 radical (unpaired) electrons. The summed E-state index contributed by atoms with van der Waals surface area (Å²) in [6.45, 7) is 11.0. The van der Waals surface area contributed by atoms with Crippen LogP contribution in [0.25, 0.3) is 0 Å². The van der Waals surface area contributed by atoms with E-state index in [0.717, 1.165) is 44.2 Å². The molecule has 1 aromatic carbocycles. The highest BCUT2D eigenvalue weighted by Gasteiger charge is 2.63. The summed E-state index contributed by atoms with van der Waals surface area (Å²) in [5, 5.41) is -2.93. The van der Waals surface area contributed by atoms with Crippen molar-refractivity contribution in [2.45, 2.75) is 129 Å². The smallest absolute Gasteiger partial charge is 0.465 e. The summed E-state index contributed by atoms with van der Waals surface area (Å²) in [5.41, 5.74) is -3.51. The fraction of sp³-hybridized carbons (Fsp3) is 0.711. The molecule has 2 aliphatic carbocycles. The van der Waals surface area contributed by atoms with Gasteiger partial charge in [0.05, 0.1) is 30.0 Å². The van der Waals surface area contributed by atoms with Crippen molar-refractivity contribution >= 4 is 39.7 Å². The van der Waals surface area contributed by atoms with Crippen LogP contribution in [-0.2, 0) is 52.5 Å². The molecule has 0 amide bonds. The first kappa shape index (κ1) is 46.6. The van der Waals surface area contributed by atoms with Gasteiger partial charge in [0, 0.05) is 17.4 Å². The highest BCUT2D eigenvalue weighted by atomic mass is 32.2. The summed E-state index contributed by atoms with van der Waals surface area (Å²) in [7, 11) is -6.23. The van der Waals surface area contributed by atoms with Crippen molar-refractivity contribution in [3.63, 3.8) is 0 Å². The molecule has 12 nitrogen and oxygen atoms in total. The van der Waals surface area contributed by atoms with Gasteiger partial charge in [0.25, 0.3) is 0 Å². The molecule has 316 valence electrons. The molecule has 0 spiro atoms. The van der Waals surface area contributed by atoms with Crippen LogP contribution < -0.4 is 0 Å². The second kappa shape index (κ2) is 19.1. The Kier molecular flexibility index (Phi) is 15.9. The Bertz CT molecular complexity index is 1660. The summed E-state index contributed by atoms with van der Waals surface area (Å²) >= 11 is 0. The van der Waals surface area contributed by atoms with Crippen molar-refractivity contribution in [1.82, 2.24) is 0 Å². The zero-order valence-electron chi connectivity index (χ0n) is 32.5. The van der Waals surface area contributed by atoms with E-state index >= 15 is 0 Å². The average molecular weight is 826 g/mol. The van der Waals surface area contributed by atoms with Gasteiger partial charge in [-0.1, -0.05) is 75.0 Å². The van der Waals surface area contributed by atoms with Crippen LogP contribution >= 0.6 is 0 Å². The molecule has 1 saturated heterocycles. The van der Waals surface area contributed by atoms with E-state index < -0.39 is 56.2 Å². The van der Waals surface area contributed by atoms with Gasteiger partial charge in [-0.2, -0.15) is 30.4 Å². The van der Waals surface area contributed by atoms with E-state index in [0.29, 0.717) is 37.5 Å². The number of hydrogen-bond acceptors (Lipinski definition) is 12. The predicted octanol–water partition coefficient (Wildman–Crippen LogP) is 7.67. The normalized spacial score (nSPS) is 22.2. The number of carbonyl (C=O) groups is 4. The van der Waals surface area contributed by atoms with Crippen LogP contribution in [0.5, 0.6) is 0 Å². The topological polar surface area (TPSA) is 161 Å². The predicted molar refractivity (Wildman–Crippen MR) is 191 cm³/mol. The number of esters is 4. The Morgan fingerprint density at radius 2 is 1.30 bits per heavy atom. The van der Waals surface area contributed by atoms with Crippen LogP contribution in [0.1, 0.15) is 111 Å². The van der Waals surface area contributed by atoms with Gasteiger partial charge in [-0.05, 0) is 66.2 Å². The average Bonchev–Trinajstić information content (AvgIpc) is 3.77. The van der Waals surface area contributed by atoms with Crippen molar-refractivity contribution < 1.29 is 72.8 Å². The lowest BCUT2D eigenvalue weighted by molar-refractivity contribution is -0.170. The zero-order valence-corrected chi connectivity index (χ0v) is 33.3. The van der Waals surface area contributed by atoms with Crippen LogP contribution in [0.3, 0.4) is 0 Å². The minimum absolute atomic E-state index is 0.0779. The number of ether oxygens (including phenoxy) is 4. The monoisotopic (exact) mass is 825 g/mol. The Labute approximate surface area is 324 Å². The number of carbonyl (C=O) groups excluding carboxylic acids is 4. The highest BCUT2D eigenvalue weighted by Crippen LogP contribution is 2.55. The van der Waals surface area contributed by atoms with Crippen molar-refractivity contribution in [2.75, 3.05) is 13.2 Å². The lowest BCUT2D eigenvalue weighted by Gasteiger charge is -2.29. The largest absolute Gasteiger partial charge is 0.478 e. The number of unbranched alkanes of at least 4 members (excludes halogenated alkanes) is 5. The summed E-state index contributed by atoms with van der Waals surface area (Å²) in [6, 6.07) is 5.56. The standard InChI is InChI=1S/C24H32F5NO7S.C14H20O4/c1-4-22(2,3)20(31)35-16-12-7-5-6-8-13-17-36-21(32)24(28,29)38(33,34)37-30-19(23(25,26)27)18-14-10-9-11-15-18;1-4-14(2,3)13(16)18-10-7-5-8-9(6-7)12(15)17-11(8)10/h9-11,14-15H,4-8,12-13,16-17H2,1-3H3;7-11H,4-6H2,1-3H3/b30-19+;. The lowest BCUT2D eigenvalue weighted by Crippen LogP contribution is -2.40. The van der Waals surface area contributed by atoms with Gasteiger partial charge in [0.15, 0.2) is 5.71 Å². The van der Waals surface area contributed by atoms with E-state index in [1.165, 1.54) is 18.2 Å². The first-order valence-electron chi connectivity index (χ1n) is 18.8. The lowest BCUT2D eigenvalue weighted by atomic mass is 9.87. The Hall–Kier alpha value is -3.83. The molecule has 2 bridgehead atoms. The number of hydrogen-bond donors (Lipinski definition) is 0. The SMILES string of the molecule is CCC(C)(C)C(=O)OC1C2CC3C(=O)OC1C3C2.CCC(C)(C)C(=O)OCCCCCCCCOC(=O)C(F)(F)S(=O)(=O)O/N=C(\c1ccccc1)C(F)(F)F. The van der Waals surface area contributed by atoms with Crippen molar-refractivity contribution in [3.8, 4) is 0 Å². The van der Waals surface area contributed by atoms with Crippen LogP contribution in [0, 0.1) is 28.6 Å². The summed E-state index contributed by atoms with van der Waals surface area (Å²) < 4.78 is 115. The summed E-state index contributed by atoms with van der Waals surface area (Å²) in [5.74, 6) is -2.30. The quantitative estimate of drug-likeness (QED) is 0.0336. The molecular weight excluding hydrogens is 773 g/mol. The molecule has 3 aliphatic rings.